The van der Waals surface area contributed by atoms with Gasteiger partial charge in [-0.15, -0.1) is 0 Å². The molecule has 0 aromatic heterocycles. The molecule has 1 aromatic rings. The standard InChI is InChI=1S/C11H10N4O4S/c12-11-14-9(16)5-8(20-11)10(17)13-6-2-1-3-7(4-6)15(18)19/h1-4,8H,5H2,(H,13,17)(H2,12,14,16). The summed E-state index contributed by atoms with van der Waals surface area (Å²) in [5.74, 6) is -0.858. The first kappa shape index (κ1) is 14.0. The van der Waals surface area contributed by atoms with E-state index in [1.807, 2.05) is 0 Å². The average molecular weight is 294 g/mol. The largest absolute Gasteiger partial charge is 0.325 e. The van der Waals surface area contributed by atoms with Crippen molar-refractivity contribution in [2.45, 2.75) is 11.7 Å². The SMILES string of the molecule is N=C1NC(=O)CC(C(=O)Nc2cccc([N+](=O)[O-])c2)S1. The molecule has 1 aliphatic heterocycles. The minimum Gasteiger partial charge on any atom is -0.325 e. The molecule has 1 unspecified atom stereocenters. The second kappa shape index (κ2) is 5.70. The van der Waals surface area contributed by atoms with E-state index in [2.05, 4.69) is 10.6 Å². The molecule has 1 aromatic carbocycles. The number of anilines is 1. The number of carbonyl (C=O) groups excluding carboxylic acids is 2. The molecule has 0 spiro atoms. The molecule has 9 heteroatoms. The molecule has 0 saturated carbocycles. The summed E-state index contributed by atoms with van der Waals surface area (Å²) >= 11 is 0.933. The van der Waals surface area contributed by atoms with Crippen molar-refractivity contribution in [2.24, 2.45) is 0 Å². The molecule has 1 heterocycles. The maximum atomic E-state index is 12.0. The van der Waals surface area contributed by atoms with Gasteiger partial charge in [0.05, 0.1) is 4.92 Å². The van der Waals surface area contributed by atoms with Crippen LogP contribution >= 0.6 is 11.8 Å². The fourth-order valence-corrected chi connectivity index (χ4v) is 2.48. The van der Waals surface area contributed by atoms with E-state index in [1.165, 1.54) is 24.3 Å². The number of nitro benzene ring substituents is 1. The number of nitrogens with zero attached hydrogens (tertiary/aromatic N) is 1. The summed E-state index contributed by atoms with van der Waals surface area (Å²) in [6.45, 7) is 0. The smallest absolute Gasteiger partial charge is 0.271 e. The van der Waals surface area contributed by atoms with Gasteiger partial charge in [0.25, 0.3) is 5.69 Å². The fourth-order valence-electron chi connectivity index (χ4n) is 1.63. The summed E-state index contributed by atoms with van der Waals surface area (Å²) in [5.41, 5.74) is 0.145. The van der Waals surface area contributed by atoms with E-state index in [4.69, 9.17) is 5.41 Å². The number of rotatable bonds is 3. The van der Waals surface area contributed by atoms with E-state index < -0.39 is 22.0 Å². The predicted octanol–water partition coefficient (Wildman–Crippen LogP) is 1.09. The van der Waals surface area contributed by atoms with Crippen LogP contribution < -0.4 is 10.6 Å². The normalized spacial score (nSPS) is 18.3. The van der Waals surface area contributed by atoms with Gasteiger partial charge in [-0.1, -0.05) is 17.8 Å². The van der Waals surface area contributed by atoms with Crippen LogP contribution in [0.4, 0.5) is 11.4 Å². The number of carbonyl (C=O) groups is 2. The number of non-ortho nitro benzene ring substituents is 1. The van der Waals surface area contributed by atoms with Crippen LogP contribution in [0.25, 0.3) is 0 Å². The molecule has 0 aliphatic carbocycles. The summed E-state index contributed by atoms with van der Waals surface area (Å²) in [6.07, 6.45) is -0.0339. The summed E-state index contributed by atoms with van der Waals surface area (Å²) in [7, 11) is 0. The van der Waals surface area contributed by atoms with Gasteiger partial charge in [-0.2, -0.15) is 0 Å². The van der Waals surface area contributed by atoms with Crippen molar-refractivity contribution in [3.63, 3.8) is 0 Å². The summed E-state index contributed by atoms with van der Waals surface area (Å²) in [4.78, 5) is 33.3. The molecular weight excluding hydrogens is 284 g/mol. The number of hydrogen-bond acceptors (Lipinski definition) is 6. The van der Waals surface area contributed by atoms with Crippen molar-refractivity contribution in [2.75, 3.05) is 5.32 Å². The van der Waals surface area contributed by atoms with Crippen LogP contribution in [0.5, 0.6) is 0 Å². The van der Waals surface area contributed by atoms with Crippen molar-refractivity contribution in [3.8, 4) is 0 Å². The van der Waals surface area contributed by atoms with Gasteiger partial charge in [0.2, 0.25) is 11.8 Å². The molecule has 8 nitrogen and oxygen atoms in total. The van der Waals surface area contributed by atoms with Crippen LogP contribution in [0, 0.1) is 15.5 Å². The average Bonchev–Trinajstić information content (AvgIpc) is 2.37. The lowest BCUT2D eigenvalue weighted by molar-refractivity contribution is -0.384. The highest BCUT2D eigenvalue weighted by Gasteiger charge is 2.29. The first-order chi connectivity index (χ1) is 9.45. The Morgan fingerprint density at radius 3 is 2.95 bits per heavy atom. The topological polar surface area (TPSA) is 125 Å². The van der Waals surface area contributed by atoms with Crippen molar-refractivity contribution < 1.29 is 14.5 Å². The maximum Gasteiger partial charge on any atom is 0.271 e. The van der Waals surface area contributed by atoms with Crippen molar-refractivity contribution in [3.05, 3.63) is 34.4 Å². The molecule has 1 aliphatic rings. The van der Waals surface area contributed by atoms with E-state index in [-0.39, 0.29) is 23.0 Å². The highest BCUT2D eigenvalue weighted by Crippen LogP contribution is 2.22. The minimum absolute atomic E-state index is 0.0339. The van der Waals surface area contributed by atoms with Gasteiger partial charge in [-0.05, 0) is 6.07 Å². The number of amidine groups is 1. The van der Waals surface area contributed by atoms with E-state index in [9.17, 15) is 19.7 Å². The number of thioether (sulfide) groups is 1. The van der Waals surface area contributed by atoms with Crippen LogP contribution in [-0.2, 0) is 9.59 Å². The molecule has 3 N–H and O–H groups in total. The molecule has 0 bridgehead atoms. The quantitative estimate of drug-likeness (QED) is 0.568. The van der Waals surface area contributed by atoms with Gasteiger partial charge in [0.15, 0.2) is 5.17 Å². The Hall–Kier alpha value is -2.42. The molecule has 104 valence electrons. The molecule has 20 heavy (non-hydrogen) atoms. The zero-order valence-corrected chi connectivity index (χ0v) is 10.9. The molecule has 0 radical (unpaired) electrons. The first-order valence-electron chi connectivity index (χ1n) is 5.56. The minimum atomic E-state index is -0.712. The second-order valence-electron chi connectivity index (χ2n) is 3.98. The molecule has 2 amide bonds. The van der Waals surface area contributed by atoms with Gasteiger partial charge >= 0.3 is 0 Å². The number of nitro groups is 1. The third-order valence-electron chi connectivity index (χ3n) is 2.50. The second-order valence-corrected chi connectivity index (χ2v) is 5.20. The summed E-state index contributed by atoms with van der Waals surface area (Å²) < 4.78 is 0. The number of benzene rings is 1. The van der Waals surface area contributed by atoms with Crippen LogP contribution in [0.1, 0.15) is 6.42 Å². The van der Waals surface area contributed by atoms with E-state index in [1.54, 1.807) is 0 Å². The summed E-state index contributed by atoms with van der Waals surface area (Å²) in [5, 5.41) is 22.0. The molecule has 1 atom stereocenters. The van der Waals surface area contributed by atoms with Gasteiger partial charge < -0.3 is 10.6 Å². The maximum absolute atomic E-state index is 12.0. The predicted molar refractivity (Wildman–Crippen MR) is 73.6 cm³/mol. The van der Waals surface area contributed by atoms with Crippen molar-refractivity contribution in [1.29, 1.82) is 5.41 Å². The van der Waals surface area contributed by atoms with Crippen LogP contribution in [-0.4, -0.2) is 27.2 Å². The highest BCUT2D eigenvalue weighted by molar-refractivity contribution is 8.15. The number of hydrogen-bond donors (Lipinski definition) is 3. The first-order valence-corrected chi connectivity index (χ1v) is 6.44. The van der Waals surface area contributed by atoms with Gasteiger partial charge in [0, 0.05) is 24.2 Å². The third kappa shape index (κ3) is 3.32. The number of nitrogens with one attached hydrogen (secondary N) is 3. The molecule has 1 saturated heterocycles. The van der Waals surface area contributed by atoms with Gasteiger partial charge in [0.1, 0.15) is 5.25 Å². The van der Waals surface area contributed by atoms with Crippen molar-refractivity contribution >= 4 is 40.1 Å². The Balaban J connectivity index is 2.07. The Morgan fingerprint density at radius 2 is 2.30 bits per heavy atom. The zero-order valence-electron chi connectivity index (χ0n) is 10.1. The van der Waals surface area contributed by atoms with Crippen LogP contribution in [0.3, 0.4) is 0 Å². The Bertz CT molecular complexity index is 588. The van der Waals surface area contributed by atoms with Gasteiger partial charge in [-0.25, -0.2) is 0 Å². The van der Waals surface area contributed by atoms with Crippen LogP contribution in [0.2, 0.25) is 0 Å². The van der Waals surface area contributed by atoms with E-state index >= 15 is 0 Å². The lowest BCUT2D eigenvalue weighted by atomic mass is 10.2. The van der Waals surface area contributed by atoms with Crippen LogP contribution in [0.15, 0.2) is 24.3 Å². The zero-order chi connectivity index (χ0) is 14.7. The fraction of sp³-hybridized carbons (Fsp3) is 0.182. The Morgan fingerprint density at radius 1 is 1.55 bits per heavy atom. The molecular formula is C11H10N4O4S. The number of amides is 2. The lowest BCUT2D eigenvalue weighted by Crippen LogP contribution is -2.41. The lowest BCUT2D eigenvalue weighted by Gasteiger charge is -2.21. The monoisotopic (exact) mass is 294 g/mol. The molecule has 2 rings (SSSR count). The van der Waals surface area contributed by atoms with E-state index in [0.29, 0.717) is 0 Å². The van der Waals surface area contributed by atoms with Gasteiger partial charge in [-0.3, -0.25) is 25.1 Å². The Kier molecular flexibility index (Phi) is 3.99. The van der Waals surface area contributed by atoms with E-state index in [0.717, 1.165) is 11.8 Å². The summed E-state index contributed by atoms with van der Waals surface area (Å²) in [6, 6.07) is 5.52. The van der Waals surface area contributed by atoms with Crippen molar-refractivity contribution in [1.82, 2.24) is 5.32 Å². The highest BCUT2D eigenvalue weighted by atomic mass is 32.2. The molecule has 1 fully saturated rings. The third-order valence-corrected chi connectivity index (χ3v) is 3.50. The Labute approximate surface area is 117 Å².